The molecule has 92 valence electrons. The number of amides is 2. The molecule has 17 heavy (non-hydrogen) atoms. The van der Waals surface area contributed by atoms with Gasteiger partial charge < -0.3 is 9.80 Å². The van der Waals surface area contributed by atoms with Crippen molar-refractivity contribution in [1.29, 1.82) is 0 Å². The number of hydrogen-bond donors (Lipinski definition) is 0. The van der Waals surface area contributed by atoms with E-state index < -0.39 is 0 Å². The molecule has 2 rings (SSSR count). The van der Waals surface area contributed by atoms with E-state index in [1.165, 1.54) is 0 Å². The standard InChI is InChI=1S/C11H16N4O2/c1-9(16)14-3-5-15(6-4-14)11(17)10-7-12-13(2)8-10/h7-8H,3-6H2,1-2H3. The third kappa shape index (κ3) is 2.46. The van der Waals surface area contributed by atoms with Crippen molar-refractivity contribution in [3.8, 4) is 0 Å². The van der Waals surface area contributed by atoms with Gasteiger partial charge in [0.1, 0.15) is 0 Å². The highest BCUT2D eigenvalue weighted by Gasteiger charge is 2.23. The molecule has 1 aliphatic heterocycles. The molecule has 6 nitrogen and oxygen atoms in total. The van der Waals surface area contributed by atoms with Gasteiger partial charge in [-0.25, -0.2) is 0 Å². The molecule has 0 aromatic carbocycles. The first kappa shape index (κ1) is 11.6. The Labute approximate surface area is 99.8 Å². The van der Waals surface area contributed by atoms with Crippen molar-refractivity contribution >= 4 is 11.8 Å². The Balaban J connectivity index is 1.97. The molecule has 0 spiro atoms. The summed E-state index contributed by atoms with van der Waals surface area (Å²) in [4.78, 5) is 26.7. The molecule has 1 aromatic rings. The second kappa shape index (κ2) is 4.57. The molecule has 6 heteroatoms. The predicted molar refractivity (Wildman–Crippen MR) is 61.4 cm³/mol. The molecule has 0 atom stereocenters. The third-order valence-electron chi connectivity index (χ3n) is 2.96. The molecule has 1 saturated heterocycles. The molecule has 0 saturated carbocycles. The zero-order chi connectivity index (χ0) is 12.4. The zero-order valence-electron chi connectivity index (χ0n) is 10.1. The minimum Gasteiger partial charge on any atom is -0.339 e. The lowest BCUT2D eigenvalue weighted by atomic mass is 10.2. The smallest absolute Gasteiger partial charge is 0.257 e. The molecule has 0 aliphatic carbocycles. The number of aryl methyl sites for hydroxylation is 1. The molecule has 1 fully saturated rings. The minimum atomic E-state index is -0.0127. The van der Waals surface area contributed by atoms with E-state index >= 15 is 0 Å². The van der Waals surface area contributed by atoms with Gasteiger partial charge in [-0.1, -0.05) is 0 Å². The second-order valence-electron chi connectivity index (χ2n) is 4.20. The molecule has 0 bridgehead atoms. The van der Waals surface area contributed by atoms with Crippen LogP contribution in [-0.4, -0.2) is 57.6 Å². The normalized spacial score (nSPS) is 16.1. The Morgan fingerprint density at radius 1 is 1.18 bits per heavy atom. The number of aromatic nitrogens is 2. The van der Waals surface area contributed by atoms with Crippen molar-refractivity contribution in [2.45, 2.75) is 6.92 Å². The lowest BCUT2D eigenvalue weighted by Crippen LogP contribution is -2.50. The Morgan fingerprint density at radius 3 is 2.24 bits per heavy atom. The molecule has 0 unspecified atom stereocenters. The summed E-state index contributed by atoms with van der Waals surface area (Å²) in [7, 11) is 1.78. The maximum atomic E-state index is 12.1. The van der Waals surface area contributed by atoms with Gasteiger partial charge in [0.2, 0.25) is 5.91 Å². The molecule has 0 N–H and O–H groups in total. The van der Waals surface area contributed by atoms with Crippen LogP contribution in [-0.2, 0) is 11.8 Å². The summed E-state index contributed by atoms with van der Waals surface area (Å²) in [5.41, 5.74) is 0.601. The molecule has 1 aliphatic rings. The highest BCUT2D eigenvalue weighted by atomic mass is 16.2. The Hall–Kier alpha value is -1.85. The quantitative estimate of drug-likeness (QED) is 0.674. The largest absolute Gasteiger partial charge is 0.339 e. The van der Waals surface area contributed by atoms with Crippen molar-refractivity contribution in [2.75, 3.05) is 26.2 Å². The van der Waals surface area contributed by atoms with Gasteiger partial charge in [0.25, 0.3) is 5.91 Å². The SMILES string of the molecule is CC(=O)N1CCN(C(=O)c2cnn(C)c2)CC1. The van der Waals surface area contributed by atoms with E-state index in [9.17, 15) is 9.59 Å². The highest BCUT2D eigenvalue weighted by Crippen LogP contribution is 2.08. The van der Waals surface area contributed by atoms with Crippen molar-refractivity contribution < 1.29 is 9.59 Å². The number of carbonyl (C=O) groups excluding carboxylic acids is 2. The molecular weight excluding hydrogens is 220 g/mol. The number of hydrogen-bond acceptors (Lipinski definition) is 3. The lowest BCUT2D eigenvalue weighted by Gasteiger charge is -2.33. The molecule has 2 amide bonds. The van der Waals surface area contributed by atoms with Crippen LogP contribution in [0.15, 0.2) is 12.4 Å². The summed E-state index contributed by atoms with van der Waals surface area (Å²) in [5.74, 6) is 0.0554. The van der Waals surface area contributed by atoms with Gasteiger partial charge >= 0.3 is 0 Å². The number of carbonyl (C=O) groups is 2. The van der Waals surface area contributed by atoms with Gasteiger partial charge in [0.15, 0.2) is 0 Å². The third-order valence-corrected chi connectivity index (χ3v) is 2.96. The van der Waals surface area contributed by atoms with Crippen molar-refractivity contribution in [2.24, 2.45) is 7.05 Å². The topological polar surface area (TPSA) is 58.4 Å². The number of nitrogens with zero attached hydrogens (tertiary/aromatic N) is 4. The predicted octanol–water partition coefficient (Wildman–Crippen LogP) is -0.276. The van der Waals surface area contributed by atoms with Gasteiger partial charge in [-0.05, 0) is 0 Å². The van der Waals surface area contributed by atoms with Crippen LogP contribution in [0.2, 0.25) is 0 Å². The van der Waals surface area contributed by atoms with E-state index in [-0.39, 0.29) is 11.8 Å². The zero-order valence-corrected chi connectivity index (χ0v) is 10.1. The van der Waals surface area contributed by atoms with E-state index in [1.807, 2.05) is 0 Å². The Morgan fingerprint density at radius 2 is 1.76 bits per heavy atom. The molecular formula is C11H16N4O2. The average molecular weight is 236 g/mol. The fourth-order valence-electron chi connectivity index (χ4n) is 1.94. The maximum absolute atomic E-state index is 12.1. The Kier molecular flexibility index (Phi) is 3.12. The highest BCUT2D eigenvalue weighted by molar-refractivity contribution is 5.93. The first-order valence-electron chi connectivity index (χ1n) is 5.61. The fourth-order valence-corrected chi connectivity index (χ4v) is 1.94. The number of piperazine rings is 1. The van der Waals surface area contributed by atoms with E-state index in [2.05, 4.69) is 5.10 Å². The summed E-state index contributed by atoms with van der Waals surface area (Å²) < 4.78 is 1.61. The van der Waals surface area contributed by atoms with Gasteiger partial charge in [-0.2, -0.15) is 5.10 Å². The van der Waals surface area contributed by atoms with Crippen LogP contribution in [0.25, 0.3) is 0 Å². The fraction of sp³-hybridized carbons (Fsp3) is 0.545. The summed E-state index contributed by atoms with van der Waals surface area (Å²) in [6, 6.07) is 0. The van der Waals surface area contributed by atoms with Crippen LogP contribution in [0.1, 0.15) is 17.3 Å². The first-order valence-corrected chi connectivity index (χ1v) is 5.61. The monoisotopic (exact) mass is 236 g/mol. The molecule has 1 aromatic heterocycles. The summed E-state index contributed by atoms with van der Waals surface area (Å²) in [5, 5.41) is 3.98. The maximum Gasteiger partial charge on any atom is 0.257 e. The molecule has 2 heterocycles. The van der Waals surface area contributed by atoms with Gasteiger partial charge in [-0.15, -0.1) is 0 Å². The van der Waals surface area contributed by atoms with Crippen molar-refractivity contribution in [3.05, 3.63) is 18.0 Å². The van der Waals surface area contributed by atoms with Gasteiger partial charge in [0.05, 0.1) is 11.8 Å². The average Bonchev–Trinajstić information content (AvgIpc) is 2.75. The Bertz CT molecular complexity index is 432. The summed E-state index contributed by atoms with van der Waals surface area (Å²) in [6.45, 7) is 3.96. The number of rotatable bonds is 1. The van der Waals surface area contributed by atoms with Crippen LogP contribution >= 0.6 is 0 Å². The van der Waals surface area contributed by atoms with Crippen molar-refractivity contribution in [1.82, 2.24) is 19.6 Å². The minimum absolute atomic E-state index is 0.0127. The van der Waals surface area contributed by atoms with Gasteiger partial charge in [0, 0.05) is 46.3 Å². The van der Waals surface area contributed by atoms with E-state index in [1.54, 1.807) is 40.8 Å². The van der Waals surface area contributed by atoms with E-state index in [0.717, 1.165) is 0 Å². The van der Waals surface area contributed by atoms with Crippen LogP contribution < -0.4 is 0 Å². The summed E-state index contributed by atoms with van der Waals surface area (Å²) in [6.07, 6.45) is 3.28. The lowest BCUT2D eigenvalue weighted by molar-refractivity contribution is -0.130. The van der Waals surface area contributed by atoms with Crippen LogP contribution in [0.4, 0.5) is 0 Å². The molecule has 0 radical (unpaired) electrons. The van der Waals surface area contributed by atoms with Crippen LogP contribution in [0, 0.1) is 0 Å². The van der Waals surface area contributed by atoms with Crippen LogP contribution in [0.5, 0.6) is 0 Å². The second-order valence-corrected chi connectivity index (χ2v) is 4.20. The van der Waals surface area contributed by atoms with Crippen LogP contribution in [0.3, 0.4) is 0 Å². The van der Waals surface area contributed by atoms with E-state index in [4.69, 9.17) is 0 Å². The van der Waals surface area contributed by atoms with E-state index in [0.29, 0.717) is 31.7 Å². The van der Waals surface area contributed by atoms with Gasteiger partial charge in [-0.3, -0.25) is 14.3 Å². The first-order chi connectivity index (χ1) is 8.08. The van der Waals surface area contributed by atoms with Crippen molar-refractivity contribution in [3.63, 3.8) is 0 Å². The summed E-state index contributed by atoms with van der Waals surface area (Å²) >= 11 is 0.